The number of morpholine rings is 1. The van der Waals surface area contributed by atoms with Crippen molar-refractivity contribution < 1.29 is 14.3 Å². The highest BCUT2D eigenvalue weighted by Crippen LogP contribution is 2.12. The fraction of sp³-hybridized carbons (Fsp3) is 0.300. The molecule has 0 saturated carbocycles. The molecule has 0 bridgehead atoms. The maximum atomic E-state index is 12.4. The monoisotopic (exact) mass is 353 g/mol. The number of rotatable bonds is 6. The van der Waals surface area contributed by atoms with E-state index in [9.17, 15) is 9.59 Å². The standard InChI is InChI=1S/C20H23N3O3/c24-19(22-14-16-4-2-1-3-5-16)15-21-18-8-6-17(7-9-18)20(25)23-10-12-26-13-11-23/h1-9,21H,10-15H2,(H,22,24). The van der Waals surface area contributed by atoms with Gasteiger partial charge < -0.3 is 20.3 Å². The molecule has 2 N–H and O–H groups in total. The third kappa shape index (κ3) is 5.07. The summed E-state index contributed by atoms with van der Waals surface area (Å²) in [4.78, 5) is 26.1. The summed E-state index contributed by atoms with van der Waals surface area (Å²) in [5.74, 6) is -0.0669. The lowest BCUT2D eigenvalue weighted by atomic mass is 10.1. The lowest BCUT2D eigenvalue weighted by Gasteiger charge is -2.26. The van der Waals surface area contributed by atoms with Crippen molar-refractivity contribution in [1.29, 1.82) is 0 Å². The van der Waals surface area contributed by atoms with E-state index in [1.807, 2.05) is 42.5 Å². The molecule has 1 fully saturated rings. The van der Waals surface area contributed by atoms with Gasteiger partial charge in [0.1, 0.15) is 0 Å². The summed E-state index contributed by atoms with van der Waals surface area (Å²) in [6, 6.07) is 17.0. The Balaban J connectivity index is 1.45. The Hall–Kier alpha value is -2.86. The van der Waals surface area contributed by atoms with Gasteiger partial charge in [-0.2, -0.15) is 0 Å². The van der Waals surface area contributed by atoms with Crippen molar-refractivity contribution in [3.05, 3.63) is 65.7 Å². The zero-order valence-corrected chi connectivity index (χ0v) is 14.6. The molecule has 2 amide bonds. The normalized spacial score (nSPS) is 13.9. The highest BCUT2D eigenvalue weighted by Gasteiger charge is 2.18. The number of amides is 2. The van der Waals surface area contributed by atoms with Gasteiger partial charge in [-0.05, 0) is 29.8 Å². The lowest BCUT2D eigenvalue weighted by molar-refractivity contribution is -0.119. The van der Waals surface area contributed by atoms with Gasteiger partial charge in [-0.3, -0.25) is 9.59 Å². The average Bonchev–Trinajstić information content (AvgIpc) is 2.72. The second kappa shape index (κ2) is 9.01. The predicted molar refractivity (Wildman–Crippen MR) is 99.9 cm³/mol. The van der Waals surface area contributed by atoms with E-state index in [-0.39, 0.29) is 18.4 Å². The molecule has 0 spiro atoms. The number of hydrogen-bond acceptors (Lipinski definition) is 4. The molecule has 6 heteroatoms. The number of carbonyl (C=O) groups is 2. The van der Waals surface area contributed by atoms with E-state index in [1.165, 1.54) is 0 Å². The molecule has 136 valence electrons. The molecular weight excluding hydrogens is 330 g/mol. The Morgan fingerprint density at radius 1 is 0.962 bits per heavy atom. The van der Waals surface area contributed by atoms with Gasteiger partial charge in [-0.15, -0.1) is 0 Å². The number of hydrogen-bond donors (Lipinski definition) is 2. The molecule has 0 atom stereocenters. The minimum atomic E-state index is -0.0812. The summed E-state index contributed by atoms with van der Waals surface area (Å²) in [5.41, 5.74) is 2.51. The maximum Gasteiger partial charge on any atom is 0.254 e. The first-order valence-electron chi connectivity index (χ1n) is 8.74. The summed E-state index contributed by atoms with van der Waals surface area (Å²) in [6.45, 7) is 3.12. The molecule has 1 aliphatic rings. The molecule has 1 saturated heterocycles. The second-order valence-electron chi connectivity index (χ2n) is 6.10. The summed E-state index contributed by atoms with van der Waals surface area (Å²) < 4.78 is 5.27. The topological polar surface area (TPSA) is 70.7 Å². The van der Waals surface area contributed by atoms with Crippen molar-refractivity contribution in [3.63, 3.8) is 0 Å². The van der Waals surface area contributed by atoms with Crippen LogP contribution in [0.15, 0.2) is 54.6 Å². The largest absolute Gasteiger partial charge is 0.378 e. The molecule has 1 aliphatic heterocycles. The van der Waals surface area contributed by atoms with Crippen LogP contribution in [0.2, 0.25) is 0 Å². The fourth-order valence-corrected chi connectivity index (χ4v) is 2.72. The molecule has 3 rings (SSSR count). The third-order valence-corrected chi connectivity index (χ3v) is 4.22. The van der Waals surface area contributed by atoms with Gasteiger partial charge in [-0.1, -0.05) is 30.3 Å². The molecule has 0 aromatic heterocycles. The first kappa shape index (κ1) is 17.9. The summed E-state index contributed by atoms with van der Waals surface area (Å²) in [6.07, 6.45) is 0. The Morgan fingerprint density at radius 2 is 1.65 bits per heavy atom. The second-order valence-corrected chi connectivity index (χ2v) is 6.10. The number of benzene rings is 2. The van der Waals surface area contributed by atoms with E-state index < -0.39 is 0 Å². The molecular formula is C20H23N3O3. The van der Waals surface area contributed by atoms with E-state index in [2.05, 4.69) is 10.6 Å². The van der Waals surface area contributed by atoms with Crippen LogP contribution in [-0.2, 0) is 16.1 Å². The molecule has 2 aromatic rings. The predicted octanol–water partition coefficient (Wildman–Crippen LogP) is 1.89. The number of carbonyl (C=O) groups excluding carboxylic acids is 2. The van der Waals surface area contributed by atoms with Gasteiger partial charge in [-0.25, -0.2) is 0 Å². The van der Waals surface area contributed by atoms with Crippen molar-refractivity contribution in [1.82, 2.24) is 10.2 Å². The fourth-order valence-electron chi connectivity index (χ4n) is 2.72. The minimum absolute atomic E-state index is 0.0143. The average molecular weight is 353 g/mol. The molecule has 0 radical (unpaired) electrons. The number of nitrogens with zero attached hydrogens (tertiary/aromatic N) is 1. The van der Waals surface area contributed by atoms with Crippen molar-refractivity contribution in [2.75, 3.05) is 38.2 Å². The summed E-state index contributed by atoms with van der Waals surface area (Å²) in [7, 11) is 0. The van der Waals surface area contributed by atoms with Crippen LogP contribution < -0.4 is 10.6 Å². The van der Waals surface area contributed by atoms with Crippen LogP contribution in [0.5, 0.6) is 0 Å². The molecule has 26 heavy (non-hydrogen) atoms. The van der Waals surface area contributed by atoms with Gasteiger partial charge in [0, 0.05) is 30.9 Å². The van der Waals surface area contributed by atoms with Gasteiger partial charge >= 0.3 is 0 Å². The van der Waals surface area contributed by atoms with E-state index in [0.717, 1.165) is 11.3 Å². The van der Waals surface area contributed by atoms with Gasteiger partial charge in [0.2, 0.25) is 5.91 Å². The van der Waals surface area contributed by atoms with Gasteiger partial charge in [0.25, 0.3) is 5.91 Å². The molecule has 6 nitrogen and oxygen atoms in total. The minimum Gasteiger partial charge on any atom is -0.378 e. The highest BCUT2D eigenvalue weighted by atomic mass is 16.5. The van der Waals surface area contributed by atoms with Gasteiger partial charge in [0.15, 0.2) is 0 Å². The number of nitrogens with one attached hydrogen (secondary N) is 2. The van der Waals surface area contributed by atoms with E-state index in [4.69, 9.17) is 4.74 Å². The van der Waals surface area contributed by atoms with Crippen molar-refractivity contribution in [2.45, 2.75) is 6.54 Å². The van der Waals surface area contributed by atoms with Crippen molar-refractivity contribution >= 4 is 17.5 Å². The molecule has 2 aromatic carbocycles. The van der Waals surface area contributed by atoms with Crippen LogP contribution in [0.4, 0.5) is 5.69 Å². The smallest absolute Gasteiger partial charge is 0.254 e. The lowest BCUT2D eigenvalue weighted by Crippen LogP contribution is -2.40. The van der Waals surface area contributed by atoms with Gasteiger partial charge in [0.05, 0.1) is 19.8 Å². The van der Waals surface area contributed by atoms with Crippen LogP contribution in [0, 0.1) is 0 Å². The Labute approximate surface area is 153 Å². The number of anilines is 1. The third-order valence-electron chi connectivity index (χ3n) is 4.22. The van der Waals surface area contributed by atoms with Crippen LogP contribution in [0.3, 0.4) is 0 Å². The molecule has 1 heterocycles. The first-order chi connectivity index (χ1) is 12.7. The summed E-state index contributed by atoms with van der Waals surface area (Å²) in [5, 5.41) is 5.94. The van der Waals surface area contributed by atoms with E-state index >= 15 is 0 Å². The zero-order valence-electron chi connectivity index (χ0n) is 14.6. The Kier molecular flexibility index (Phi) is 6.22. The van der Waals surface area contributed by atoms with Crippen LogP contribution in [0.1, 0.15) is 15.9 Å². The van der Waals surface area contributed by atoms with Crippen LogP contribution in [-0.4, -0.2) is 49.6 Å². The van der Waals surface area contributed by atoms with E-state index in [1.54, 1.807) is 17.0 Å². The SMILES string of the molecule is O=C(CNc1ccc(C(=O)N2CCOCC2)cc1)NCc1ccccc1. The van der Waals surface area contributed by atoms with Crippen molar-refractivity contribution in [2.24, 2.45) is 0 Å². The zero-order chi connectivity index (χ0) is 18.2. The Morgan fingerprint density at radius 3 is 2.35 bits per heavy atom. The first-order valence-corrected chi connectivity index (χ1v) is 8.74. The summed E-state index contributed by atoms with van der Waals surface area (Å²) >= 11 is 0. The molecule has 0 unspecified atom stereocenters. The van der Waals surface area contributed by atoms with E-state index in [0.29, 0.717) is 38.4 Å². The highest BCUT2D eigenvalue weighted by molar-refractivity contribution is 5.94. The quantitative estimate of drug-likeness (QED) is 0.832. The maximum absolute atomic E-state index is 12.4. The van der Waals surface area contributed by atoms with Crippen LogP contribution >= 0.6 is 0 Å². The Bertz CT molecular complexity index is 726. The molecule has 0 aliphatic carbocycles. The van der Waals surface area contributed by atoms with Crippen LogP contribution in [0.25, 0.3) is 0 Å². The number of ether oxygens (including phenoxy) is 1. The van der Waals surface area contributed by atoms with Crippen molar-refractivity contribution in [3.8, 4) is 0 Å².